The third kappa shape index (κ3) is 54.0. The van der Waals surface area contributed by atoms with E-state index < -0.39 is 5.91 Å². The number of unbranched alkanes of at least 4 members (excludes halogenated alkanes) is 1. The smallest absolute Gasteiger partial charge is 0.231 e. The van der Waals surface area contributed by atoms with Crippen molar-refractivity contribution in [2.45, 2.75) is 200 Å². The minimum Gasteiger partial charge on any atom is -0.383 e. The second-order valence-corrected chi connectivity index (χ2v) is 25.3. The van der Waals surface area contributed by atoms with Gasteiger partial charge in [-0.2, -0.15) is 0 Å². The van der Waals surface area contributed by atoms with Crippen LogP contribution in [0.5, 0.6) is 0 Å². The van der Waals surface area contributed by atoms with E-state index in [4.69, 9.17) is 27.7 Å². The Kier molecular flexibility index (Phi) is 69.7. The number of nitrogens with zero attached hydrogens (tertiary/aromatic N) is 2. The Morgan fingerprint density at radius 2 is 1.11 bits per heavy atom. The van der Waals surface area contributed by atoms with Gasteiger partial charge in [-0.25, -0.2) is 0 Å². The Labute approximate surface area is 588 Å². The van der Waals surface area contributed by atoms with Crippen LogP contribution in [0.25, 0.3) is 0 Å². The number of hydrogen-bond donors (Lipinski definition) is 13. The highest BCUT2D eigenvalue weighted by molar-refractivity contribution is 5.88. The maximum absolute atomic E-state index is 11.9. The summed E-state index contributed by atoms with van der Waals surface area (Å²) in [5.74, 6) is 0.698. The number of primary amides is 1. The summed E-state index contributed by atoms with van der Waals surface area (Å²) in [5, 5.41) is 25.7. The van der Waals surface area contributed by atoms with E-state index >= 15 is 0 Å². The van der Waals surface area contributed by atoms with Crippen LogP contribution < -0.4 is 71.2 Å². The minimum absolute atomic E-state index is 0.0556. The fourth-order valence-electron chi connectivity index (χ4n) is 11.6. The molecule has 1 saturated carbocycles. The number of likely N-dealkylation sites (tertiary alicyclic amines) is 2. The largest absolute Gasteiger partial charge is 0.383 e. The topological polar surface area (TPSA) is 285 Å². The van der Waals surface area contributed by atoms with Crippen LogP contribution in [0.1, 0.15) is 180 Å². The van der Waals surface area contributed by atoms with Crippen molar-refractivity contribution < 1.29 is 19.1 Å². The van der Waals surface area contributed by atoms with Gasteiger partial charge in [0.05, 0.1) is 24.7 Å². The average molecular weight is 1350 g/mol. The Balaban J connectivity index is 0. The molecule has 558 valence electrons. The molecule has 96 heavy (non-hydrogen) atoms. The van der Waals surface area contributed by atoms with E-state index in [1.54, 1.807) is 14.0 Å². The maximum Gasteiger partial charge on any atom is 0.231 e. The Morgan fingerprint density at radius 1 is 0.604 bits per heavy atom. The number of nitrogens with two attached hydrogens (primary N) is 5. The van der Waals surface area contributed by atoms with Crippen molar-refractivity contribution in [3.8, 4) is 0 Å². The fraction of sp³-hybridized carbons (Fsp3) is 0.740. The molecule has 6 aliphatic heterocycles. The summed E-state index contributed by atoms with van der Waals surface area (Å²) >= 11 is 0. The highest BCUT2D eigenvalue weighted by atomic mass is 16.5. The second-order valence-electron chi connectivity index (χ2n) is 25.3. The molecule has 6 saturated heterocycles. The van der Waals surface area contributed by atoms with E-state index in [1.807, 2.05) is 51.5 Å². The highest BCUT2D eigenvalue weighted by Crippen LogP contribution is 2.34. The van der Waals surface area contributed by atoms with Gasteiger partial charge in [0.25, 0.3) is 0 Å². The van der Waals surface area contributed by atoms with Crippen LogP contribution in [0.15, 0.2) is 91.0 Å². The van der Waals surface area contributed by atoms with Gasteiger partial charge < -0.3 is 90.5 Å². The zero-order chi connectivity index (χ0) is 71.2. The lowest BCUT2D eigenvalue weighted by molar-refractivity contribution is -0.123. The van der Waals surface area contributed by atoms with Crippen molar-refractivity contribution in [1.82, 2.24) is 52.3 Å². The average Bonchev–Trinajstić information content (AvgIpc) is 1.13. The lowest BCUT2D eigenvalue weighted by Gasteiger charge is -2.35. The Morgan fingerprint density at radius 3 is 1.48 bits per heavy atom. The normalized spacial score (nSPS) is 18.6. The first kappa shape index (κ1) is 94.2. The summed E-state index contributed by atoms with van der Waals surface area (Å²) < 4.78 is 9.74. The SMILES string of the molecule is C1CCN(C2CCNCC2)C1.C1CN[C@H](CN2CCCC2)C1.CC(=O)C1(c2ccccc2)CCNCC1.CCCCNCC.CCNC.CCNCC.CNC.COCCN.NCC(N)=O.NCC1CCCCC1.NC[C@H]1CCCO1.c1ccc(CNCc2ccccc2)cc1. The number of carbonyl (C=O) groups is 2. The third-order valence-electron chi connectivity index (χ3n) is 17.3. The molecule has 1 amide bonds. The van der Waals surface area contributed by atoms with Crippen molar-refractivity contribution in [3.05, 3.63) is 108 Å². The fourth-order valence-corrected chi connectivity index (χ4v) is 11.6. The second kappa shape index (κ2) is 71.0. The van der Waals surface area contributed by atoms with E-state index in [2.05, 4.69) is 158 Å². The number of methoxy groups -OCH3 is 1. The first-order valence-corrected chi connectivity index (χ1v) is 37.6. The predicted octanol–water partition coefficient (Wildman–Crippen LogP) is 8.29. The number of benzene rings is 3. The van der Waals surface area contributed by atoms with E-state index in [0.29, 0.717) is 31.6 Å². The van der Waals surface area contributed by atoms with Gasteiger partial charge in [0.2, 0.25) is 5.91 Å². The van der Waals surface area contributed by atoms with E-state index in [0.717, 1.165) is 103 Å². The standard InChI is InChI=1S/C14H15N.C13H17NO.2C9H18N2.C7H15N.C6H15N.C5H11NO.C4H11N.C3H9NO.C3H9N.C2H6N2O.C2H7N/c1-3-7-13(8-4-1)11-15-12-14-9-5-2-6-10-14;1-11(15)13(7-9-14-10-8-13)12-5-3-2-4-6-12;1-2-8-11(7-1)9-3-5-10-6-4-9;1-2-7-11(6-1)8-9-4-3-5-10-9;8-6-7-4-2-1-3-5-7;1-3-5-6-7-4-2;6-4-5-2-1-3-7-5;1-3-5-4-2;1-5-3-2-4;1-3-4-2;3-1-2(4)5;1-3-2/h1-10,15H,11-12H2;2-6,14H,7-10H2,1H3;2*9-10H,1-8H2;7H,1-6,8H2;7H,3-6H2,1-2H3;5H,1-4,6H2;5H,3-4H2,1-2H3;2-4H2,1H3;4H,3H2,1-2H3;1,3H2,(H2,4,5);3H,1-2H3/t;;;9-;;;5-;;;;;/m...0..1...../s1. The first-order chi connectivity index (χ1) is 46.8. The molecule has 7 aliphatic rings. The van der Waals surface area contributed by atoms with Crippen molar-refractivity contribution in [2.75, 3.05) is 166 Å². The van der Waals surface area contributed by atoms with Crippen LogP contribution in [0.2, 0.25) is 0 Å². The van der Waals surface area contributed by atoms with E-state index in [-0.39, 0.29) is 12.0 Å². The molecule has 0 aromatic heterocycles. The van der Waals surface area contributed by atoms with E-state index in [1.165, 1.54) is 178 Å². The quantitative estimate of drug-likeness (QED) is 0.0447. The molecule has 7 fully saturated rings. The number of nitrogens with one attached hydrogen (secondary N) is 8. The Hall–Kier alpha value is -3.84. The van der Waals surface area contributed by atoms with Gasteiger partial charge in [0, 0.05) is 58.5 Å². The summed E-state index contributed by atoms with van der Waals surface area (Å²) in [6, 6.07) is 32.8. The number of hydrogen-bond acceptors (Lipinski definition) is 18. The number of carbonyl (C=O) groups excluding carboxylic acids is 2. The molecular formula is C77H151N15O4. The molecule has 0 spiro atoms. The lowest BCUT2D eigenvalue weighted by atomic mass is 9.70. The minimum atomic E-state index is -0.468. The zero-order valence-corrected chi connectivity index (χ0v) is 63.1. The van der Waals surface area contributed by atoms with Crippen molar-refractivity contribution >= 4 is 11.7 Å². The molecule has 19 nitrogen and oxygen atoms in total. The molecule has 6 heterocycles. The number of ether oxygens (including phenoxy) is 2. The molecule has 0 radical (unpaired) electrons. The van der Waals surface area contributed by atoms with Crippen LogP contribution >= 0.6 is 0 Å². The third-order valence-corrected chi connectivity index (χ3v) is 17.3. The van der Waals surface area contributed by atoms with Crippen LogP contribution in [0, 0.1) is 5.92 Å². The number of ketones is 1. The maximum atomic E-state index is 11.9. The zero-order valence-electron chi connectivity index (χ0n) is 63.1. The molecule has 0 bridgehead atoms. The number of rotatable bonds is 21. The van der Waals surface area contributed by atoms with Gasteiger partial charge in [-0.3, -0.25) is 9.59 Å². The van der Waals surface area contributed by atoms with Crippen molar-refractivity contribution in [2.24, 2.45) is 34.6 Å². The van der Waals surface area contributed by atoms with Crippen LogP contribution in [0.3, 0.4) is 0 Å². The molecule has 2 atom stereocenters. The first-order valence-electron chi connectivity index (χ1n) is 37.6. The predicted molar refractivity (Wildman–Crippen MR) is 413 cm³/mol. The van der Waals surface area contributed by atoms with Crippen molar-refractivity contribution in [1.29, 1.82) is 0 Å². The van der Waals surface area contributed by atoms with E-state index in [9.17, 15) is 9.59 Å². The molecule has 3 aromatic rings. The molecule has 18 N–H and O–H groups in total. The number of amides is 1. The van der Waals surface area contributed by atoms with Gasteiger partial charge in [0.1, 0.15) is 5.78 Å². The van der Waals surface area contributed by atoms with Crippen molar-refractivity contribution in [3.63, 3.8) is 0 Å². The monoisotopic (exact) mass is 1350 g/mol. The summed E-state index contributed by atoms with van der Waals surface area (Å²) in [6.07, 6.45) is 25.5. The van der Waals surface area contributed by atoms with Gasteiger partial charge >= 0.3 is 0 Å². The summed E-state index contributed by atoms with van der Waals surface area (Å²) in [7, 11) is 7.31. The summed E-state index contributed by atoms with van der Waals surface area (Å²) in [6.45, 7) is 35.8. The molecule has 0 unspecified atom stereocenters. The van der Waals surface area contributed by atoms with Crippen LogP contribution in [-0.4, -0.2) is 205 Å². The van der Waals surface area contributed by atoms with Gasteiger partial charge in [-0.05, 0) is 245 Å². The highest BCUT2D eigenvalue weighted by Gasteiger charge is 2.38. The molecule has 10 rings (SSSR count). The molecule has 3 aromatic carbocycles. The molecule has 1 aliphatic carbocycles. The van der Waals surface area contributed by atoms with Crippen LogP contribution in [-0.2, 0) is 37.6 Å². The number of Topliss-reactive ketones (excluding diaryl/α,β-unsaturated/α-hetero) is 1. The summed E-state index contributed by atoms with van der Waals surface area (Å²) in [5.41, 5.74) is 28.7. The van der Waals surface area contributed by atoms with Gasteiger partial charge in [0.15, 0.2) is 0 Å². The molecular weight excluding hydrogens is 1200 g/mol. The van der Waals surface area contributed by atoms with Crippen LogP contribution in [0.4, 0.5) is 0 Å². The Bertz CT molecular complexity index is 1940. The van der Waals surface area contributed by atoms with Gasteiger partial charge in [-0.15, -0.1) is 0 Å². The number of piperidine rings is 2. The lowest BCUT2D eigenvalue weighted by Crippen LogP contribution is -2.44. The molecule has 19 heteroatoms. The van der Waals surface area contributed by atoms with Gasteiger partial charge in [-0.1, -0.05) is 151 Å². The summed E-state index contributed by atoms with van der Waals surface area (Å²) in [4.78, 5) is 26.6.